The van der Waals surface area contributed by atoms with Gasteiger partial charge >= 0.3 is 0 Å². The number of anilines is 3. The topological polar surface area (TPSA) is 28.2 Å². The highest BCUT2D eigenvalue weighted by Crippen LogP contribution is 2.29. The summed E-state index contributed by atoms with van der Waals surface area (Å²) in [4.78, 5) is 8.03. The monoisotopic (exact) mass is 341 g/mol. The van der Waals surface area contributed by atoms with Gasteiger partial charge in [-0.15, -0.1) is 23.1 Å². The van der Waals surface area contributed by atoms with Crippen molar-refractivity contribution < 1.29 is 0 Å². The minimum atomic E-state index is 0.912. The molecule has 0 aliphatic heterocycles. The van der Waals surface area contributed by atoms with Gasteiger partial charge < -0.3 is 10.2 Å². The molecule has 0 amide bonds. The van der Waals surface area contributed by atoms with Crippen molar-refractivity contribution in [3.63, 3.8) is 0 Å². The van der Waals surface area contributed by atoms with Crippen LogP contribution in [0.1, 0.15) is 0 Å². The standard InChI is InChI=1S/C18H19N3S2/c1-21(2)15-9-7-13(8-10-15)17-12-23-18(20-17)19-14-5-4-6-16(11-14)22-3/h4-12H,1-3H3,(H,19,20). The molecule has 1 N–H and O–H groups in total. The van der Waals surface area contributed by atoms with Gasteiger partial charge in [-0.2, -0.15) is 0 Å². The first-order chi connectivity index (χ1) is 11.2. The molecule has 0 radical (unpaired) electrons. The highest BCUT2D eigenvalue weighted by Gasteiger charge is 2.06. The lowest BCUT2D eigenvalue weighted by Crippen LogP contribution is -2.07. The average molecular weight is 342 g/mol. The molecule has 23 heavy (non-hydrogen) atoms. The van der Waals surface area contributed by atoms with E-state index in [0.717, 1.165) is 22.1 Å². The third kappa shape index (κ3) is 3.86. The van der Waals surface area contributed by atoms with Crippen LogP contribution in [0.15, 0.2) is 58.8 Å². The van der Waals surface area contributed by atoms with E-state index in [4.69, 9.17) is 4.98 Å². The van der Waals surface area contributed by atoms with Gasteiger partial charge in [0, 0.05) is 41.3 Å². The number of aromatic nitrogens is 1. The second kappa shape index (κ2) is 7.06. The number of rotatable bonds is 5. The van der Waals surface area contributed by atoms with Gasteiger partial charge in [0.15, 0.2) is 5.13 Å². The van der Waals surface area contributed by atoms with Crippen LogP contribution < -0.4 is 10.2 Å². The second-order valence-electron chi connectivity index (χ2n) is 5.34. The molecule has 3 rings (SSSR count). The number of hydrogen-bond donors (Lipinski definition) is 1. The predicted molar refractivity (Wildman–Crippen MR) is 103 cm³/mol. The number of nitrogens with one attached hydrogen (secondary N) is 1. The van der Waals surface area contributed by atoms with E-state index in [9.17, 15) is 0 Å². The highest BCUT2D eigenvalue weighted by atomic mass is 32.2. The Kier molecular flexibility index (Phi) is 4.88. The third-order valence-electron chi connectivity index (χ3n) is 3.50. The van der Waals surface area contributed by atoms with Crippen LogP contribution in [0, 0.1) is 0 Å². The molecular weight excluding hydrogens is 322 g/mol. The minimum absolute atomic E-state index is 0.912. The van der Waals surface area contributed by atoms with Gasteiger partial charge in [-0.25, -0.2) is 4.98 Å². The molecule has 1 aromatic heterocycles. The Hall–Kier alpha value is -1.98. The van der Waals surface area contributed by atoms with Gasteiger partial charge in [-0.3, -0.25) is 0 Å². The SMILES string of the molecule is CSc1cccc(Nc2nc(-c3ccc(N(C)C)cc3)cs2)c1. The van der Waals surface area contributed by atoms with Crippen LogP contribution in [0.2, 0.25) is 0 Å². The van der Waals surface area contributed by atoms with Crippen molar-refractivity contribution in [1.29, 1.82) is 0 Å². The van der Waals surface area contributed by atoms with Crippen LogP contribution in [-0.2, 0) is 0 Å². The molecule has 0 unspecified atom stereocenters. The Morgan fingerprint density at radius 1 is 1.09 bits per heavy atom. The first-order valence-electron chi connectivity index (χ1n) is 7.30. The first kappa shape index (κ1) is 15.9. The molecule has 0 saturated carbocycles. The number of benzene rings is 2. The second-order valence-corrected chi connectivity index (χ2v) is 7.07. The number of nitrogens with zero attached hydrogens (tertiary/aromatic N) is 2. The van der Waals surface area contributed by atoms with E-state index in [0.29, 0.717) is 0 Å². The largest absolute Gasteiger partial charge is 0.378 e. The molecule has 3 aromatic rings. The number of thiazole rings is 1. The fraction of sp³-hybridized carbons (Fsp3) is 0.167. The van der Waals surface area contributed by atoms with E-state index in [1.54, 1.807) is 23.1 Å². The molecule has 2 aromatic carbocycles. The Bertz CT molecular complexity index is 779. The molecule has 0 atom stereocenters. The maximum atomic E-state index is 4.69. The fourth-order valence-electron chi connectivity index (χ4n) is 2.22. The Balaban J connectivity index is 1.77. The van der Waals surface area contributed by atoms with Crippen LogP contribution >= 0.6 is 23.1 Å². The normalized spacial score (nSPS) is 10.6. The van der Waals surface area contributed by atoms with Gasteiger partial charge in [0.1, 0.15) is 0 Å². The number of thioether (sulfide) groups is 1. The van der Waals surface area contributed by atoms with Crippen molar-refractivity contribution in [2.24, 2.45) is 0 Å². The summed E-state index contributed by atoms with van der Waals surface area (Å²) < 4.78 is 0. The summed E-state index contributed by atoms with van der Waals surface area (Å²) in [6, 6.07) is 16.8. The molecule has 5 heteroatoms. The summed E-state index contributed by atoms with van der Waals surface area (Å²) in [6.07, 6.45) is 2.08. The van der Waals surface area contributed by atoms with Crippen LogP contribution in [0.5, 0.6) is 0 Å². The molecule has 1 heterocycles. The van der Waals surface area contributed by atoms with E-state index in [-0.39, 0.29) is 0 Å². The molecule has 118 valence electrons. The van der Waals surface area contributed by atoms with Crippen molar-refractivity contribution in [3.8, 4) is 11.3 Å². The zero-order valence-corrected chi connectivity index (χ0v) is 15.0. The molecule has 0 fully saturated rings. The summed E-state index contributed by atoms with van der Waals surface area (Å²) in [7, 11) is 4.09. The molecule has 0 aliphatic rings. The van der Waals surface area contributed by atoms with Crippen molar-refractivity contribution in [2.75, 3.05) is 30.6 Å². The quantitative estimate of drug-likeness (QED) is 0.634. The highest BCUT2D eigenvalue weighted by molar-refractivity contribution is 7.98. The van der Waals surface area contributed by atoms with Gasteiger partial charge in [0.25, 0.3) is 0 Å². The van der Waals surface area contributed by atoms with Crippen molar-refractivity contribution in [3.05, 3.63) is 53.9 Å². The molecule has 3 nitrogen and oxygen atoms in total. The molecule has 0 bridgehead atoms. The smallest absolute Gasteiger partial charge is 0.187 e. The van der Waals surface area contributed by atoms with Crippen LogP contribution in [0.4, 0.5) is 16.5 Å². The predicted octanol–water partition coefficient (Wildman–Crippen LogP) is 5.34. The van der Waals surface area contributed by atoms with Crippen molar-refractivity contribution >= 4 is 39.6 Å². The van der Waals surface area contributed by atoms with E-state index in [1.165, 1.54) is 10.6 Å². The summed E-state index contributed by atoms with van der Waals surface area (Å²) in [5.41, 5.74) is 4.40. The number of hydrogen-bond acceptors (Lipinski definition) is 5. The third-order valence-corrected chi connectivity index (χ3v) is 4.99. The van der Waals surface area contributed by atoms with E-state index in [2.05, 4.69) is 70.4 Å². The van der Waals surface area contributed by atoms with Gasteiger partial charge in [0.2, 0.25) is 0 Å². The maximum Gasteiger partial charge on any atom is 0.187 e. The molecule has 0 saturated heterocycles. The summed E-state index contributed by atoms with van der Waals surface area (Å²) >= 11 is 3.36. The lowest BCUT2D eigenvalue weighted by atomic mass is 10.1. The van der Waals surface area contributed by atoms with Crippen LogP contribution in [0.25, 0.3) is 11.3 Å². The first-order valence-corrected chi connectivity index (χ1v) is 9.40. The lowest BCUT2D eigenvalue weighted by molar-refractivity contribution is 1.13. The zero-order chi connectivity index (χ0) is 16.2. The van der Waals surface area contributed by atoms with Crippen molar-refractivity contribution in [2.45, 2.75) is 4.90 Å². The van der Waals surface area contributed by atoms with Crippen LogP contribution in [-0.4, -0.2) is 25.3 Å². The van der Waals surface area contributed by atoms with E-state index in [1.807, 2.05) is 14.1 Å². The molecular formula is C18H19N3S2. The van der Waals surface area contributed by atoms with Crippen molar-refractivity contribution in [1.82, 2.24) is 4.98 Å². The van der Waals surface area contributed by atoms with Gasteiger partial charge in [-0.1, -0.05) is 18.2 Å². The average Bonchev–Trinajstić information content (AvgIpc) is 3.03. The Morgan fingerprint density at radius 3 is 2.57 bits per heavy atom. The summed E-state index contributed by atoms with van der Waals surface area (Å²) in [5, 5.41) is 6.38. The van der Waals surface area contributed by atoms with Crippen LogP contribution in [0.3, 0.4) is 0 Å². The zero-order valence-electron chi connectivity index (χ0n) is 13.4. The van der Waals surface area contributed by atoms with E-state index >= 15 is 0 Å². The van der Waals surface area contributed by atoms with Gasteiger partial charge in [0.05, 0.1) is 5.69 Å². The fourth-order valence-corrected chi connectivity index (χ4v) is 3.42. The Labute approximate surface area is 145 Å². The van der Waals surface area contributed by atoms with E-state index < -0.39 is 0 Å². The molecule has 0 spiro atoms. The maximum absolute atomic E-state index is 4.69. The van der Waals surface area contributed by atoms with Gasteiger partial charge in [-0.05, 0) is 36.6 Å². The Morgan fingerprint density at radius 2 is 1.87 bits per heavy atom. The summed E-state index contributed by atoms with van der Waals surface area (Å²) in [6.45, 7) is 0. The lowest BCUT2D eigenvalue weighted by Gasteiger charge is -2.12. The summed E-state index contributed by atoms with van der Waals surface area (Å²) in [5.74, 6) is 0. The molecule has 0 aliphatic carbocycles. The minimum Gasteiger partial charge on any atom is -0.378 e.